The van der Waals surface area contributed by atoms with Crippen LogP contribution in [0.15, 0.2) is 180 Å². The fourth-order valence-corrected chi connectivity index (χ4v) is 23.6. The molecule has 8 nitrogen and oxygen atoms in total. The Hall–Kier alpha value is -10.1. The molecule has 12 aromatic rings. The summed E-state index contributed by atoms with van der Waals surface area (Å²) >= 11 is 8.22. The van der Waals surface area contributed by atoms with Gasteiger partial charge in [-0.3, -0.25) is 9.59 Å². The van der Waals surface area contributed by atoms with Crippen molar-refractivity contribution in [2.24, 2.45) is 0 Å². The highest BCUT2D eigenvalue weighted by atomic mass is 32.1. The zero-order chi connectivity index (χ0) is 73.5. The Morgan fingerprint density at radius 1 is 0.421 bits per heavy atom. The third-order valence-corrected chi connectivity index (χ3v) is 28.1. The number of carbonyl (C=O) groups excluding carboxylic acids is 2. The lowest BCUT2D eigenvalue weighted by atomic mass is 9.66. The van der Waals surface area contributed by atoms with E-state index < -0.39 is 10.8 Å². The second-order valence-corrected chi connectivity index (χ2v) is 33.8. The standard InChI is InChI=1S/C94H80N6O2S5/c1-7-11-15-19-27-57-35-43-61(44-36-57)93(62-45-37-58(38-46-62)28-20-16-12-8-2)73-53-65(51-71-77(75(55-95)97-5)67-31-23-25-33-69(67)85(71)101)103-87(73)91-81(93)79-83-84(100-107-99-83)90-80(89(79)105-91)82-92(106-90)88-74(54-66(104-88)52-72-78(76(56-96)98-6)68-32-24-26-34-70(68)86(72)102)94(82,63-47-39-59(40-48-63)29-21-17-13-9-3)64-49-41-60(42-50-64)30-22-18-14-10-4/h23-26,31-54H,7-22,27-30H2,1-4H3/b71-51-,72-52-,77-75-,78-76+. The van der Waals surface area contributed by atoms with Crippen LogP contribution < -0.4 is 0 Å². The van der Waals surface area contributed by atoms with E-state index in [-0.39, 0.29) is 23.0 Å². The van der Waals surface area contributed by atoms with Gasteiger partial charge in [-0.05, 0) is 142 Å². The van der Waals surface area contributed by atoms with Crippen LogP contribution in [0.4, 0.5) is 0 Å². The normalized spacial score (nSPS) is 15.9. The van der Waals surface area contributed by atoms with Crippen molar-refractivity contribution in [2.75, 3.05) is 0 Å². The molecule has 0 amide bonds. The van der Waals surface area contributed by atoms with Crippen LogP contribution in [0.2, 0.25) is 0 Å². The topological polar surface area (TPSA) is 116 Å². The smallest absolute Gasteiger partial charge is 0.270 e. The molecule has 0 saturated carbocycles. The van der Waals surface area contributed by atoms with Crippen LogP contribution in [0.5, 0.6) is 0 Å². The molecule has 0 fully saturated rings. The highest BCUT2D eigenvalue weighted by molar-refractivity contribution is 7.30. The van der Waals surface area contributed by atoms with Gasteiger partial charge in [-0.2, -0.15) is 8.75 Å². The molecule has 0 spiro atoms. The minimum absolute atomic E-state index is 0.111. The number of thiophene rings is 4. The van der Waals surface area contributed by atoms with E-state index in [1.807, 2.05) is 59.9 Å². The summed E-state index contributed by atoms with van der Waals surface area (Å²) in [6.07, 6.45) is 26.4. The zero-order valence-electron chi connectivity index (χ0n) is 60.8. The largest absolute Gasteiger partial charge is 0.289 e. The number of unbranched alkanes of at least 4 members (excludes halogenated alkanes) is 12. The van der Waals surface area contributed by atoms with Crippen molar-refractivity contribution < 1.29 is 9.59 Å². The lowest BCUT2D eigenvalue weighted by Crippen LogP contribution is -2.29. The quantitative estimate of drug-likeness (QED) is 0.0231. The molecule has 0 atom stereocenters. The van der Waals surface area contributed by atoms with Gasteiger partial charge in [-0.1, -0.05) is 250 Å². The van der Waals surface area contributed by atoms with E-state index in [0.717, 1.165) is 145 Å². The predicted octanol–water partition coefficient (Wildman–Crippen LogP) is 26.3. The van der Waals surface area contributed by atoms with Gasteiger partial charge in [0.2, 0.25) is 0 Å². The number of ketones is 2. The first-order valence-corrected chi connectivity index (χ1v) is 42.2. The van der Waals surface area contributed by atoms with E-state index in [0.29, 0.717) is 44.5 Å². The zero-order valence-corrected chi connectivity index (χ0v) is 64.9. The Balaban J connectivity index is 1.01. The van der Waals surface area contributed by atoms with Crippen molar-refractivity contribution in [3.63, 3.8) is 0 Å². The molecule has 0 unspecified atom stereocenters. The number of nitrogens with zero attached hydrogens (tertiary/aromatic N) is 6. The van der Waals surface area contributed by atoms with Gasteiger partial charge in [0.1, 0.15) is 11.0 Å². The van der Waals surface area contributed by atoms with Gasteiger partial charge >= 0.3 is 0 Å². The lowest BCUT2D eigenvalue weighted by Gasteiger charge is -2.34. The summed E-state index contributed by atoms with van der Waals surface area (Å²) in [7, 11) is 0. The number of benzene rings is 7. The molecule has 16 rings (SSSR count). The van der Waals surface area contributed by atoms with Crippen LogP contribution in [-0.2, 0) is 36.5 Å². The van der Waals surface area contributed by atoms with Crippen molar-refractivity contribution in [1.29, 1.82) is 10.5 Å². The first-order valence-electron chi connectivity index (χ1n) is 38.2. The number of rotatable bonds is 26. The molecule has 0 N–H and O–H groups in total. The Labute approximate surface area is 647 Å². The van der Waals surface area contributed by atoms with Crippen LogP contribution in [0, 0.1) is 35.8 Å². The number of hydrogen-bond acceptors (Lipinski definition) is 11. The monoisotopic (exact) mass is 1480 g/mol. The van der Waals surface area contributed by atoms with Gasteiger partial charge < -0.3 is 0 Å². The maximum atomic E-state index is 14.9. The predicted molar refractivity (Wildman–Crippen MR) is 446 cm³/mol. The molecule has 4 aliphatic rings. The fraction of sp³-hybridized carbons (Fsp3) is 0.277. The van der Waals surface area contributed by atoms with Crippen molar-refractivity contribution >= 4 is 123 Å². The average molecular weight is 1490 g/mol. The van der Waals surface area contributed by atoms with Crippen molar-refractivity contribution in [2.45, 2.75) is 167 Å². The van der Waals surface area contributed by atoms with Crippen LogP contribution in [0.25, 0.3) is 83.7 Å². The molecule has 5 heterocycles. The van der Waals surface area contributed by atoms with E-state index >= 15 is 0 Å². The van der Waals surface area contributed by atoms with Crippen LogP contribution in [-0.4, -0.2) is 20.3 Å². The highest BCUT2D eigenvalue weighted by Gasteiger charge is 2.54. The minimum atomic E-state index is -0.933. The first kappa shape index (κ1) is 71.2. The molecule has 0 radical (unpaired) electrons. The van der Waals surface area contributed by atoms with E-state index in [4.69, 9.17) is 21.9 Å². The number of aryl methyl sites for hydroxylation is 4. The second-order valence-electron chi connectivity index (χ2n) is 29.1. The summed E-state index contributed by atoms with van der Waals surface area (Å²) < 4.78 is 13.1. The number of nitriles is 2. The van der Waals surface area contributed by atoms with Gasteiger partial charge in [0.05, 0.1) is 72.0 Å². The van der Waals surface area contributed by atoms with Gasteiger partial charge in [0.15, 0.2) is 11.6 Å². The van der Waals surface area contributed by atoms with Crippen LogP contribution >= 0.6 is 57.1 Å². The molecule has 4 aliphatic carbocycles. The lowest BCUT2D eigenvalue weighted by molar-refractivity contribution is 0.103. The number of fused-ring (bicyclic) bond motifs is 16. The van der Waals surface area contributed by atoms with Gasteiger partial charge in [0, 0.05) is 69.8 Å². The minimum Gasteiger partial charge on any atom is -0.289 e. The number of aromatic nitrogens is 2. The van der Waals surface area contributed by atoms with Crippen LogP contribution in [0.3, 0.4) is 0 Å². The number of carbonyl (C=O) groups is 2. The third kappa shape index (κ3) is 12.0. The SMILES string of the molecule is [C-]#[N+]/C(C#N)=C1\C(=C\c2cc3c(s2)-c2sc4c(c2C3(c2ccc(CCCCCC)cc2)c2ccc(CCCCCC)cc2)c2nsnc2c2sc3c(c24)C(c2ccc(CCCCCC)cc2)(c2ccc(CCCCCC)cc2)c2cc(/C=C4\C(=O)c5ccccc5\C4=C(\C#N)[N+]#[C-])sc2-3)C(=O)c2ccccc21. The summed E-state index contributed by atoms with van der Waals surface area (Å²) in [5, 5.41) is 23.4. The maximum Gasteiger partial charge on any atom is 0.270 e. The van der Waals surface area contributed by atoms with E-state index in [9.17, 15) is 20.1 Å². The van der Waals surface area contributed by atoms with E-state index in [1.165, 1.54) is 122 Å². The molecule has 107 heavy (non-hydrogen) atoms. The Kier molecular flexibility index (Phi) is 20.2. The van der Waals surface area contributed by atoms with E-state index in [1.54, 1.807) is 46.1 Å². The summed E-state index contributed by atoms with van der Waals surface area (Å²) in [6.45, 7) is 25.5. The summed E-state index contributed by atoms with van der Waals surface area (Å²) in [6, 6.07) is 61.5. The second kappa shape index (κ2) is 30.3. The number of Topliss-reactive ketones (excluding diaryl/α,β-unsaturated/α-hetero) is 2. The summed E-state index contributed by atoms with van der Waals surface area (Å²) in [5.41, 5.74) is 17.5. The molecule has 0 saturated heterocycles. The Bertz CT molecular complexity index is 5710. The number of allylic oxidation sites excluding steroid dienone is 6. The Morgan fingerprint density at radius 2 is 0.766 bits per heavy atom. The summed E-state index contributed by atoms with van der Waals surface area (Å²) in [4.78, 5) is 43.4. The number of hydrogen-bond donors (Lipinski definition) is 0. The molecule has 528 valence electrons. The van der Waals surface area contributed by atoms with Crippen molar-refractivity contribution in [1.82, 2.24) is 8.75 Å². The van der Waals surface area contributed by atoms with Crippen molar-refractivity contribution in [3.8, 4) is 31.6 Å². The molecule has 0 bridgehead atoms. The van der Waals surface area contributed by atoms with Crippen LogP contribution in [0.1, 0.15) is 239 Å². The Morgan fingerprint density at radius 3 is 1.12 bits per heavy atom. The van der Waals surface area contributed by atoms with Gasteiger partial charge in [-0.15, -0.1) is 45.3 Å². The third-order valence-electron chi connectivity index (χ3n) is 22.7. The fourth-order valence-electron chi connectivity index (χ4n) is 17.5. The molecular formula is C94H80N6O2S5. The van der Waals surface area contributed by atoms with Gasteiger partial charge in [-0.25, -0.2) is 20.2 Å². The van der Waals surface area contributed by atoms with Gasteiger partial charge in [0.25, 0.3) is 11.4 Å². The maximum absolute atomic E-state index is 14.9. The summed E-state index contributed by atoms with van der Waals surface area (Å²) in [5.74, 6) is -0.412. The molecule has 5 aromatic heterocycles. The first-order chi connectivity index (χ1) is 52.6. The average Bonchev–Trinajstić information content (AvgIpc) is 1.49. The van der Waals surface area contributed by atoms with Crippen molar-refractivity contribution in [3.05, 3.63) is 302 Å². The highest BCUT2D eigenvalue weighted by Crippen LogP contribution is 2.69. The molecule has 7 aromatic carbocycles. The van der Waals surface area contributed by atoms with E-state index in [2.05, 4.69) is 159 Å². The molecule has 0 aliphatic heterocycles. The molecular weight excluding hydrogens is 1410 g/mol. The molecule has 13 heteroatoms.